The van der Waals surface area contributed by atoms with Gasteiger partial charge in [-0.1, -0.05) is 25.1 Å². The molecule has 0 saturated carbocycles. The van der Waals surface area contributed by atoms with Gasteiger partial charge in [0.1, 0.15) is 5.75 Å². The zero-order valence-electron chi connectivity index (χ0n) is 10.0. The fraction of sp³-hybridized carbons (Fsp3) is 0.385. The number of hydrogen-bond acceptors (Lipinski definition) is 4. The van der Waals surface area contributed by atoms with Crippen molar-refractivity contribution in [2.75, 3.05) is 6.61 Å². The highest BCUT2D eigenvalue weighted by Gasteiger charge is 2.24. The van der Waals surface area contributed by atoms with Gasteiger partial charge in [-0.3, -0.25) is 9.59 Å². The molecule has 1 atom stereocenters. The van der Waals surface area contributed by atoms with Crippen LogP contribution in [0.15, 0.2) is 30.3 Å². The standard InChI is InChI=1S/C13H16O4/c1-3-9-16-12(14)10(2)13(15)17-11-7-5-4-6-8-11/h4-8,10H,3,9H2,1-2H3. The molecule has 0 aromatic heterocycles. The number of esters is 2. The summed E-state index contributed by atoms with van der Waals surface area (Å²) in [7, 11) is 0. The number of para-hydroxylation sites is 1. The molecule has 1 unspecified atom stereocenters. The minimum Gasteiger partial charge on any atom is -0.465 e. The summed E-state index contributed by atoms with van der Waals surface area (Å²) in [6, 6.07) is 8.63. The highest BCUT2D eigenvalue weighted by atomic mass is 16.6. The number of benzene rings is 1. The molecule has 0 radical (unpaired) electrons. The van der Waals surface area contributed by atoms with Crippen LogP contribution in [-0.2, 0) is 14.3 Å². The van der Waals surface area contributed by atoms with Crippen LogP contribution >= 0.6 is 0 Å². The summed E-state index contributed by atoms with van der Waals surface area (Å²) in [6.45, 7) is 3.69. The van der Waals surface area contributed by atoms with Crippen LogP contribution in [0.5, 0.6) is 5.75 Å². The predicted octanol–water partition coefficient (Wildman–Crippen LogP) is 2.18. The van der Waals surface area contributed by atoms with Crippen LogP contribution < -0.4 is 4.74 Å². The molecule has 1 aromatic carbocycles. The number of carbonyl (C=O) groups is 2. The van der Waals surface area contributed by atoms with E-state index in [-0.39, 0.29) is 0 Å². The molecule has 0 bridgehead atoms. The molecule has 0 heterocycles. The first-order chi connectivity index (χ1) is 8.15. The Morgan fingerprint density at radius 1 is 1.18 bits per heavy atom. The maximum atomic E-state index is 11.6. The van der Waals surface area contributed by atoms with Gasteiger partial charge in [-0.2, -0.15) is 0 Å². The van der Waals surface area contributed by atoms with Gasteiger partial charge >= 0.3 is 11.9 Å². The monoisotopic (exact) mass is 236 g/mol. The molecule has 0 aliphatic rings. The maximum absolute atomic E-state index is 11.6. The van der Waals surface area contributed by atoms with E-state index in [9.17, 15) is 9.59 Å². The summed E-state index contributed by atoms with van der Waals surface area (Å²) < 4.78 is 9.91. The van der Waals surface area contributed by atoms with Crippen LogP contribution in [0, 0.1) is 5.92 Å². The Morgan fingerprint density at radius 3 is 2.41 bits per heavy atom. The van der Waals surface area contributed by atoms with Gasteiger partial charge in [0.2, 0.25) is 0 Å². The largest absolute Gasteiger partial charge is 0.465 e. The lowest BCUT2D eigenvalue weighted by Gasteiger charge is -2.10. The van der Waals surface area contributed by atoms with E-state index >= 15 is 0 Å². The van der Waals surface area contributed by atoms with Gasteiger partial charge in [0.25, 0.3) is 0 Å². The van der Waals surface area contributed by atoms with E-state index < -0.39 is 17.9 Å². The molecule has 1 aromatic rings. The van der Waals surface area contributed by atoms with Gasteiger partial charge in [0, 0.05) is 0 Å². The highest BCUT2D eigenvalue weighted by Crippen LogP contribution is 2.11. The molecule has 4 heteroatoms. The Morgan fingerprint density at radius 2 is 1.82 bits per heavy atom. The molecule has 17 heavy (non-hydrogen) atoms. The van der Waals surface area contributed by atoms with Gasteiger partial charge in [0.15, 0.2) is 5.92 Å². The van der Waals surface area contributed by atoms with Crippen molar-refractivity contribution in [2.24, 2.45) is 5.92 Å². The summed E-state index contributed by atoms with van der Waals surface area (Å²) in [5.41, 5.74) is 0. The SMILES string of the molecule is CCCOC(=O)C(C)C(=O)Oc1ccccc1. The fourth-order valence-electron chi connectivity index (χ4n) is 1.12. The third kappa shape index (κ3) is 4.26. The average Bonchev–Trinajstić information content (AvgIpc) is 2.36. The molecule has 1 rings (SSSR count). The molecular weight excluding hydrogens is 220 g/mol. The van der Waals surface area contributed by atoms with E-state index in [1.54, 1.807) is 24.3 Å². The molecule has 0 spiro atoms. The van der Waals surface area contributed by atoms with Crippen molar-refractivity contribution in [3.8, 4) is 5.75 Å². The Hall–Kier alpha value is -1.84. The molecule has 92 valence electrons. The average molecular weight is 236 g/mol. The predicted molar refractivity (Wildman–Crippen MR) is 62.5 cm³/mol. The maximum Gasteiger partial charge on any atom is 0.325 e. The second kappa shape index (κ2) is 6.68. The van der Waals surface area contributed by atoms with Crippen molar-refractivity contribution in [3.63, 3.8) is 0 Å². The summed E-state index contributed by atoms with van der Waals surface area (Å²) in [4.78, 5) is 23.0. The molecule has 0 aliphatic heterocycles. The van der Waals surface area contributed by atoms with E-state index in [0.717, 1.165) is 6.42 Å². The molecule has 0 aliphatic carbocycles. The topological polar surface area (TPSA) is 52.6 Å². The van der Waals surface area contributed by atoms with Crippen LogP contribution in [-0.4, -0.2) is 18.5 Å². The van der Waals surface area contributed by atoms with E-state index in [0.29, 0.717) is 12.4 Å². The van der Waals surface area contributed by atoms with Gasteiger partial charge < -0.3 is 9.47 Å². The Balaban J connectivity index is 2.50. The lowest BCUT2D eigenvalue weighted by Crippen LogP contribution is -2.27. The normalized spacial score (nSPS) is 11.6. The van der Waals surface area contributed by atoms with E-state index in [1.807, 2.05) is 13.0 Å². The van der Waals surface area contributed by atoms with Gasteiger partial charge in [-0.15, -0.1) is 0 Å². The smallest absolute Gasteiger partial charge is 0.325 e. The Bertz CT molecular complexity index is 372. The molecule has 0 saturated heterocycles. The minimum absolute atomic E-state index is 0.321. The Kier molecular flexibility index (Phi) is 5.20. The summed E-state index contributed by atoms with van der Waals surface area (Å²) in [5.74, 6) is -1.63. The highest BCUT2D eigenvalue weighted by molar-refractivity contribution is 5.95. The summed E-state index contributed by atoms with van der Waals surface area (Å²) in [6.07, 6.45) is 0.728. The number of ether oxygens (including phenoxy) is 2. The lowest BCUT2D eigenvalue weighted by atomic mass is 10.2. The molecule has 0 amide bonds. The van der Waals surface area contributed by atoms with Gasteiger partial charge in [0.05, 0.1) is 6.61 Å². The van der Waals surface area contributed by atoms with Crippen molar-refractivity contribution in [3.05, 3.63) is 30.3 Å². The zero-order valence-corrected chi connectivity index (χ0v) is 10.0. The minimum atomic E-state index is -0.901. The first-order valence-electron chi connectivity index (χ1n) is 5.58. The van der Waals surface area contributed by atoms with Crippen LogP contribution in [0.2, 0.25) is 0 Å². The van der Waals surface area contributed by atoms with Crippen molar-refractivity contribution in [1.82, 2.24) is 0 Å². The number of rotatable bonds is 5. The van der Waals surface area contributed by atoms with E-state index in [1.165, 1.54) is 6.92 Å². The van der Waals surface area contributed by atoms with Crippen LogP contribution in [0.25, 0.3) is 0 Å². The van der Waals surface area contributed by atoms with Crippen molar-refractivity contribution in [2.45, 2.75) is 20.3 Å². The molecule has 0 N–H and O–H groups in total. The van der Waals surface area contributed by atoms with Crippen molar-refractivity contribution < 1.29 is 19.1 Å². The fourth-order valence-corrected chi connectivity index (χ4v) is 1.12. The second-order valence-electron chi connectivity index (χ2n) is 3.62. The quantitative estimate of drug-likeness (QED) is 0.446. The first kappa shape index (κ1) is 13.2. The third-order valence-corrected chi connectivity index (χ3v) is 2.12. The lowest BCUT2D eigenvalue weighted by molar-refractivity contribution is -0.156. The van der Waals surface area contributed by atoms with Crippen molar-refractivity contribution in [1.29, 1.82) is 0 Å². The summed E-state index contributed by atoms with van der Waals surface area (Å²) in [5, 5.41) is 0. The third-order valence-electron chi connectivity index (χ3n) is 2.12. The van der Waals surface area contributed by atoms with Crippen molar-refractivity contribution >= 4 is 11.9 Å². The van der Waals surface area contributed by atoms with Crippen LogP contribution in [0.4, 0.5) is 0 Å². The summed E-state index contributed by atoms with van der Waals surface area (Å²) >= 11 is 0. The number of hydrogen-bond donors (Lipinski definition) is 0. The van der Waals surface area contributed by atoms with Gasteiger partial charge in [-0.25, -0.2) is 0 Å². The van der Waals surface area contributed by atoms with Crippen LogP contribution in [0.1, 0.15) is 20.3 Å². The van der Waals surface area contributed by atoms with E-state index in [2.05, 4.69) is 0 Å². The molecular formula is C13H16O4. The first-order valence-corrected chi connectivity index (χ1v) is 5.58. The molecule has 0 fully saturated rings. The zero-order chi connectivity index (χ0) is 12.7. The van der Waals surface area contributed by atoms with Gasteiger partial charge in [-0.05, 0) is 25.5 Å². The Labute approximate surface area is 101 Å². The number of carbonyl (C=O) groups excluding carboxylic acids is 2. The van der Waals surface area contributed by atoms with E-state index in [4.69, 9.17) is 9.47 Å². The molecule has 4 nitrogen and oxygen atoms in total. The second-order valence-corrected chi connectivity index (χ2v) is 3.62. The van der Waals surface area contributed by atoms with Crippen LogP contribution in [0.3, 0.4) is 0 Å².